The van der Waals surface area contributed by atoms with Gasteiger partial charge in [-0.15, -0.1) is 0 Å². The maximum atomic E-state index is 11.8. The van der Waals surface area contributed by atoms with Crippen LogP contribution in [0.2, 0.25) is 0 Å². The molecule has 0 aliphatic rings. The van der Waals surface area contributed by atoms with Gasteiger partial charge in [-0.3, -0.25) is 9.36 Å². The van der Waals surface area contributed by atoms with E-state index < -0.39 is 5.97 Å². The van der Waals surface area contributed by atoms with Gasteiger partial charge in [0.05, 0.1) is 18.4 Å². The molecule has 0 radical (unpaired) electrons. The summed E-state index contributed by atoms with van der Waals surface area (Å²) in [6, 6.07) is 5.09. The Kier molecular flexibility index (Phi) is 4.62. The minimum Gasteiger partial charge on any atom is -0.465 e. The number of rotatable bonds is 3. The Morgan fingerprint density at radius 2 is 2.09 bits per heavy atom. The number of ether oxygens (including phenoxy) is 1. The van der Waals surface area contributed by atoms with Gasteiger partial charge in [0.2, 0.25) is 0 Å². The van der Waals surface area contributed by atoms with Gasteiger partial charge in [0.1, 0.15) is 10.7 Å². The monoisotopic (exact) mass is 337 g/mol. The van der Waals surface area contributed by atoms with Crippen LogP contribution in [0.25, 0.3) is 5.69 Å². The molecule has 116 valence electrons. The molecular weight excluding hydrogens is 322 g/mol. The lowest BCUT2D eigenvalue weighted by atomic mass is 10.1. The number of nitrogens with one attached hydrogen (secondary N) is 1. The second kappa shape index (κ2) is 6.29. The highest BCUT2D eigenvalue weighted by Crippen LogP contribution is 2.28. The number of hydrogen-bond acceptors (Lipinski definition) is 6. The number of nitrogens with two attached hydrogens (primary N) is 1. The van der Waals surface area contributed by atoms with Crippen LogP contribution in [0.3, 0.4) is 0 Å². The average Bonchev–Trinajstić information content (AvgIpc) is 2.81. The molecule has 0 saturated heterocycles. The number of nitrogens with zero attached hydrogens (tertiary/aromatic N) is 1. The van der Waals surface area contributed by atoms with Gasteiger partial charge >= 0.3 is 5.97 Å². The first-order chi connectivity index (χ1) is 10.4. The van der Waals surface area contributed by atoms with E-state index in [1.165, 1.54) is 14.2 Å². The number of thiazole rings is 1. The Morgan fingerprint density at radius 3 is 2.68 bits per heavy atom. The van der Waals surface area contributed by atoms with Crippen molar-refractivity contribution >= 4 is 41.2 Å². The number of amides is 1. The molecule has 3 N–H and O–H groups in total. The van der Waals surface area contributed by atoms with Crippen LogP contribution >= 0.6 is 23.6 Å². The van der Waals surface area contributed by atoms with E-state index in [9.17, 15) is 9.59 Å². The Morgan fingerprint density at radius 1 is 1.41 bits per heavy atom. The van der Waals surface area contributed by atoms with Crippen LogP contribution in [-0.4, -0.2) is 30.6 Å². The summed E-state index contributed by atoms with van der Waals surface area (Å²) in [6.45, 7) is 1.87. The molecule has 1 amide bonds. The summed E-state index contributed by atoms with van der Waals surface area (Å²) in [5.74, 6) is -0.498. The molecule has 0 spiro atoms. The first-order valence-electron chi connectivity index (χ1n) is 6.33. The Labute approximate surface area is 136 Å². The predicted octanol–water partition coefficient (Wildman–Crippen LogP) is 2.31. The van der Waals surface area contributed by atoms with Crippen molar-refractivity contribution < 1.29 is 14.3 Å². The number of nitrogen functional groups attached to an aromatic ring is 1. The van der Waals surface area contributed by atoms with Crippen molar-refractivity contribution in [1.82, 2.24) is 9.88 Å². The summed E-state index contributed by atoms with van der Waals surface area (Å²) in [7, 11) is 2.84. The van der Waals surface area contributed by atoms with E-state index in [0.29, 0.717) is 20.1 Å². The van der Waals surface area contributed by atoms with E-state index in [1.54, 1.807) is 22.8 Å². The lowest BCUT2D eigenvalue weighted by Crippen LogP contribution is -2.18. The van der Waals surface area contributed by atoms with Crippen molar-refractivity contribution in [3.05, 3.63) is 38.2 Å². The van der Waals surface area contributed by atoms with Gasteiger partial charge < -0.3 is 15.8 Å². The third-order valence-electron chi connectivity index (χ3n) is 3.15. The van der Waals surface area contributed by atoms with Crippen LogP contribution in [-0.2, 0) is 4.74 Å². The fraction of sp³-hybridized carbons (Fsp3) is 0.214. The van der Waals surface area contributed by atoms with Crippen LogP contribution < -0.4 is 11.1 Å². The molecule has 1 aromatic carbocycles. The minimum atomic E-state index is -0.451. The fourth-order valence-electron chi connectivity index (χ4n) is 1.98. The molecule has 0 aliphatic heterocycles. The Balaban J connectivity index is 2.67. The van der Waals surface area contributed by atoms with E-state index in [2.05, 4.69) is 5.32 Å². The van der Waals surface area contributed by atoms with Gasteiger partial charge in [-0.2, -0.15) is 0 Å². The summed E-state index contributed by atoms with van der Waals surface area (Å²) in [4.78, 5) is 23.9. The lowest BCUT2D eigenvalue weighted by molar-refractivity contribution is 0.0600. The number of aryl methyl sites for hydroxylation is 1. The molecule has 1 heterocycles. The highest BCUT2D eigenvalue weighted by Gasteiger charge is 2.19. The maximum Gasteiger partial charge on any atom is 0.337 e. The van der Waals surface area contributed by atoms with Crippen molar-refractivity contribution in [3.63, 3.8) is 0 Å². The van der Waals surface area contributed by atoms with Crippen molar-refractivity contribution in [2.24, 2.45) is 0 Å². The lowest BCUT2D eigenvalue weighted by Gasteiger charge is -2.11. The van der Waals surface area contributed by atoms with Crippen LogP contribution in [0.1, 0.15) is 25.6 Å². The molecule has 0 atom stereocenters. The topological polar surface area (TPSA) is 86.3 Å². The summed E-state index contributed by atoms with van der Waals surface area (Å²) < 4.78 is 6.74. The summed E-state index contributed by atoms with van der Waals surface area (Å²) in [5.41, 5.74) is 7.98. The number of anilines is 1. The zero-order valence-electron chi connectivity index (χ0n) is 12.3. The predicted molar refractivity (Wildman–Crippen MR) is 88.4 cm³/mol. The van der Waals surface area contributed by atoms with Crippen molar-refractivity contribution in [3.8, 4) is 5.69 Å². The zero-order chi connectivity index (χ0) is 16.4. The number of aromatic nitrogens is 1. The van der Waals surface area contributed by atoms with E-state index in [1.807, 2.05) is 6.92 Å². The average molecular weight is 337 g/mol. The number of benzene rings is 1. The highest BCUT2D eigenvalue weighted by atomic mass is 32.1. The first kappa shape index (κ1) is 16.2. The van der Waals surface area contributed by atoms with Gasteiger partial charge in [0.25, 0.3) is 5.91 Å². The van der Waals surface area contributed by atoms with Gasteiger partial charge in [-0.25, -0.2) is 4.79 Å². The molecule has 1 aromatic heterocycles. The van der Waals surface area contributed by atoms with Crippen molar-refractivity contribution in [1.29, 1.82) is 0 Å². The van der Waals surface area contributed by atoms with Crippen molar-refractivity contribution in [2.75, 3.05) is 19.9 Å². The largest absolute Gasteiger partial charge is 0.465 e. The molecule has 2 aromatic rings. The number of esters is 1. The van der Waals surface area contributed by atoms with E-state index >= 15 is 0 Å². The number of hydrogen-bond donors (Lipinski definition) is 2. The third-order valence-corrected chi connectivity index (χ3v) is 4.54. The van der Waals surface area contributed by atoms with Gasteiger partial charge in [0.15, 0.2) is 3.95 Å². The van der Waals surface area contributed by atoms with Gasteiger partial charge in [-0.1, -0.05) is 17.4 Å². The normalized spacial score (nSPS) is 10.3. The van der Waals surface area contributed by atoms with Crippen LogP contribution in [0, 0.1) is 10.9 Å². The van der Waals surface area contributed by atoms with Crippen molar-refractivity contribution in [2.45, 2.75) is 6.92 Å². The number of carbonyl (C=O) groups is 2. The molecule has 0 saturated carbocycles. The fourth-order valence-corrected chi connectivity index (χ4v) is 3.28. The van der Waals surface area contributed by atoms with Gasteiger partial charge in [0, 0.05) is 7.05 Å². The summed E-state index contributed by atoms with van der Waals surface area (Å²) >= 11 is 6.43. The smallest absolute Gasteiger partial charge is 0.337 e. The second-order valence-corrected chi connectivity index (χ2v) is 6.13. The molecule has 0 bridgehead atoms. The summed E-state index contributed by atoms with van der Waals surface area (Å²) in [6.07, 6.45) is 0. The standard InChI is InChI=1S/C14H15N3O3S2/c1-7-4-5-8(13(19)20-3)6-9(7)17-11(15)10(12(18)16-2)22-14(17)21/h4-6H,15H2,1-3H3,(H,16,18). The molecule has 0 unspecified atom stereocenters. The third kappa shape index (κ3) is 2.75. The first-order valence-corrected chi connectivity index (χ1v) is 7.56. The van der Waals surface area contributed by atoms with E-state index in [0.717, 1.165) is 16.9 Å². The van der Waals surface area contributed by atoms with Crippen LogP contribution in [0.15, 0.2) is 18.2 Å². The molecule has 8 heteroatoms. The Bertz CT molecular complexity index is 808. The van der Waals surface area contributed by atoms with Gasteiger partial charge in [-0.05, 0) is 36.8 Å². The second-order valence-electron chi connectivity index (χ2n) is 4.49. The Hall–Kier alpha value is -2.19. The number of carbonyl (C=O) groups excluding carboxylic acids is 2. The van der Waals surface area contributed by atoms with E-state index in [4.69, 9.17) is 22.7 Å². The quantitative estimate of drug-likeness (QED) is 0.663. The minimum absolute atomic E-state index is 0.250. The molecular formula is C14H15N3O3S2. The molecule has 0 aliphatic carbocycles. The molecule has 0 fully saturated rings. The van der Waals surface area contributed by atoms with E-state index in [-0.39, 0.29) is 11.7 Å². The zero-order valence-corrected chi connectivity index (χ0v) is 13.9. The summed E-state index contributed by atoms with van der Waals surface area (Å²) in [5, 5.41) is 2.53. The highest BCUT2D eigenvalue weighted by molar-refractivity contribution is 7.73. The maximum absolute atomic E-state index is 11.8. The number of methoxy groups -OCH3 is 1. The molecule has 22 heavy (non-hydrogen) atoms. The van der Waals surface area contributed by atoms with Crippen LogP contribution in [0.5, 0.6) is 0 Å². The molecule has 2 rings (SSSR count). The molecule has 6 nitrogen and oxygen atoms in total. The SMILES string of the molecule is CNC(=O)c1sc(=S)n(-c2cc(C(=O)OC)ccc2C)c1N. The van der Waals surface area contributed by atoms with Crippen LogP contribution in [0.4, 0.5) is 5.82 Å².